The summed E-state index contributed by atoms with van der Waals surface area (Å²) in [4.78, 5) is 56.3. The van der Waals surface area contributed by atoms with Gasteiger partial charge in [0.05, 0.1) is 18.0 Å². The number of benzene rings is 1. The fourth-order valence-electron chi connectivity index (χ4n) is 5.57. The summed E-state index contributed by atoms with van der Waals surface area (Å²) in [5.74, 6) is -1.98. The van der Waals surface area contributed by atoms with Crippen LogP contribution in [0.25, 0.3) is 0 Å². The van der Waals surface area contributed by atoms with Crippen LogP contribution in [0.3, 0.4) is 0 Å². The highest BCUT2D eigenvalue weighted by Gasteiger charge is 2.37. The molecule has 0 saturated carbocycles. The number of amides is 4. The molecule has 2 fully saturated rings. The first kappa shape index (κ1) is 30.8. The quantitative estimate of drug-likeness (QED) is 0.507. The molecule has 3 heterocycles. The van der Waals surface area contributed by atoms with E-state index >= 15 is 0 Å². The Morgan fingerprint density at radius 1 is 1.08 bits per heavy atom. The minimum absolute atomic E-state index is 0. The molecule has 216 valence electrons. The first-order valence-electron chi connectivity index (χ1n) is 13.9. The molecule has 3 N–H and O–H groups in total. The maximum atomic E-state index is 14.7. The van der Waals surface area contributed by atoms with Crippen LogP contribution in [0.5, 0.6) is 0 Å². The van der Waals surface area contributed by atoms with Gasteiger partial charge in [-0.25, -0.2) is 4.39 Å². The molecular weight excluding hydrogens is 525 g/mol. The van der Waals surface area contributed by atoms with Gasteiger partial charge >= 0.3 is 0 Å². The number of nitrogens with zero attached hydrogens (tertiary/aromatic N) is 2. The first-order chi connectivity index (χ1) is 18.2. The summed E-state index contributed by atoms with van der Waals surface area (Å²) < 4.78 is 14.7. The Labute approximate surface area is 236 Å². The molecule has 2 bridgehead atoms. The lowest BCUT2D eigenvalue weighted by atomic mass is 9.96. The van der Waals surface area contributed by atoms with E-state index in [4.69, 9.17) is 0 Å². The zero-order valence-electron chi connectivity index (χ0n) is 22.8. The smallest absolute Gasteiger partial charge is 0.257 e. The number of hydrogen-bond donors (Lipinski definition) is 3. The molecule has 4 amide bonds. The molecule has 11 heteroatoms. The summed E-state index contributed by atoms with van der Waals surface area (Å²) in [6.45, 7) is 6.25. The molecule has 0 spiro atoms. The first-order valence-corrected chi connectivity index (χ1v) is 13.9. The van der Waals surface area contributed by atoms with Gasteiger partial charge < -0.3 is 25.8 Å². The lowest BCUT2D eigenvalue weighted by Gasteiger charge is -2.34. The van der Waals surface area contributed by atoms with Gasteiger partial charge in [0.1, 0.15) is 11.9 Å². The second-order valence-electron chi connectivity index (χ2n) is 11.0. The van der Waals surface area contributed by atoms with E-state index in [2.05, 4.69) is 16.0 Å². The molecule has 0 aromatic heterocycles. The normalized spacial score (nSPS) is 25.3. The van der Waals surface area contributed by atoms with Crippen molar-refractivity contribution in [2.45, 2.75) is 64.5 Å². The zero-order valence-corrected chi connectivity index (χ0v) is 23.7. The molecule has 1 aromatic rings. The number of nitrogens with one attached hydrogen (secondary N) is 3. The van der Waals surface area contributed by atoms with E-state index in [-0.39, 0.29) is 60.6 Å². The maximum absolute atomic E-state index is 14.7. The topological polar surface area (TPSA) is 111 Å². The Balaban J connectivity index is 0.00000420. The molecule has 3 aliphatic rings. The van der Waals surface area contributed by atoms with Crippen LogP contribution in [-0.4, -0.2) is 84.8 Å². The number of hydrogen-bond acceptors (Lipinski definition) is 5. The zero-order chi connectivity index (χ0) is 27.2. The van der Waals surface area contributed by atoms with Crippen LogP contribution in [0.15, 0.2) is 18.2 Å². The van der Waals surface area contributed by atoms with Crippen molar-refractivity contribution < 1.29 is 23.6 Å². The van der Waals surface area contributed by atoms with Crippen LogP contribution in [0.1, 0.15) is 61.9 Å². The van der Waals surface area contributed by atoms with Gasteiger partial charge in [0, 0.05) is 32.2 Å². The van der Waals surface area contributed by atoms with Gasteiger partial charge in [0.25, 0.3) is 5.91 Å². The molecule has 3 aliphatic heterocycles. The molecular formula is C28H41ClFN5O4. The van der Waals surface area contributed by atoms with Crippen LogP contribution in [-0.2, 0) is 20.8 Å². The third kappa shape index (κ3) is 7.69. The van der Waals surface area contributed by atoms with E-state index in [1.54, 1.807) is 17.0 Å². The van der Waals surface area contributed by atoms with E-state index < -0.39 is 23.8 Å². The van der Waals surface area contributed by atoms with Gasteiger partial charge in [-0.15, -0.1) is 12.4 Å². The Hall–Kier alpha value is -2.72. The summed E-state index contributed by atoms with van der Waals surface area (Å²) >= 11 is 0. The van der Waals surface area contributed by atoms with Gasteiger partial charge in [-0.05, 0) is 68.7 Å². The molecule has 0 unspecified atom stereocenters. The number of aryl methyl sites for hydroxylation is 1. The van der Waals surface area contributed by atoms with E-state index in [9.17, 15) is 23.6 Å². The monoisotopic (exact) mass is 565 g/mol. The van der Waals surface area contributed by atoms with Crippen molar-refractivity contribution in [1.82, 2.24) is 25.8 Å². The molecule has 1 aromatic carbocycles. The summed E-state index contributed by atoms with van der Waals surface area (Å²) in [7, 11) is 0. The predicted octanol–water partition coefficient (Wildman–Crippen LogP) is 1.88. The van der Waals surface area contributed by atoms with E-state index in [1.165, 1.54) is 11.0 Å². The molecule has 2 saturated heterocycles. The van der Waals surface area contributed by atoms with Crippen molar-refractivity contribution in [3.05, 3.63) is 35.1 Å². The van der Waals surface area contributed by atoms with E-state index in [1.807, 2.05) is 13.8 Å². The minimum atomic E-state index is -0.711. The Morgan fingerprint density at radius 3 is 2.59 bits per heavy atom. The van der Waals surface area contributed by atoms with Crippen molar-refractivity contribution in [1.29, 1.82) is 0 Å². The van der Waals surface area contributed by atoms with Gasteiger partial charge in [0.2, 0.25) is 17.7 Å². The number of piperidine rings is 1. The number of carbonyl (C=O) groups excluding carboxylic acids is 4. The van der Waals surface area contributed by atoms with E-state index in [0.29, 0.717) is 45.3 Å². The predicted molar refractivity (Wildman–Crippen MR) is 148 cm³/mol. The molecule has 9 nitrogen and oxygen atoms in total. The van der Waals surface area contributed by atoms with Crippen LogP contribution in [0.2, 0.25) is 0 Å². The molecule has 4 rings (SSSR count). The largest absolute Gasteiger partial charge is 0.355 e. The van der Waals surface area contributed by atoms with Crippen LogP contribution >= 0.6 is 12.4 Å². The van der Waals surface area contributed by atoms with E-state index in [0.717, 1.165) is 24.9 Å². The third-order valence-corrected chi connectivity index (χ3v) is 7.88. The molecule has 39 heavy (non-hydrogen) atoms. The SMILES string of the molecule is CC(C)[C@@H]1CN(C(=O)[C@@H]2CCCNC2)CC(=O)NCCCc2ccc(F)c(c2)C(=O)N2CCC[C@H]2C(=O)N1.Cl. The number of fused-ring (bicyclic) bond motifs is 3. The number of halogens is 2. The fraction of sp³-hybridized carbons (Fsp3) is 0.643. The van der Waals surface area contributed by atoms with Crippen molar-refractivity contribution in [2.24, 2.45) is 11.8 Å². The second kappa shape index (κ2) is 14.1. The highest BCUT2D eigenvalue weighted by molar-refractivity contribution is 5.98. The summed E-state index contributed by atoms with van der Waals surface area (Å²) in [5, 5.41) is 9.22. The van der Waals surface area contributed by atoms with Crippen molar-refractivity contribution in [3.63, 3.8) is 0 Å². The molecule has 3 atom stereocenters. The van der Waals surface area contributed by atoms with Gasteiger partial charge in [-0.2, -0.15) is 0 Å². The number of rotatable bonds is 2. The standard InChI is InChI=1S/C28H40FN5O4.ClH/c1-18(2)23-16-33(27(37)20-7-4-11-30-15-20)17-25(35)31-12-3-6-19-9-10-22(29)21(14-19)28(38)34-13-5-8-24(34)26(36)32-23;/h9-10,14,18,20,23-24,30H,3-8,11-13,15-17H2,1-2H3,(H,31,35)(H,32,36);1H/t20-,23+,24+;/m1./s1. The maximum Gasteiger partial charge on any atom is 0.257 e. The van der Waals surface area contributed by atoms with Gasteiger partial charge in [-0.1, -0.05) is 19.9 Å². The Bertz CT molecular complexity index is 1050. The summed E-state index contributed by atoms with van der Waals surface area (Å²) in [6, 6.07) is 3.36. The van der Waals surface area contributed by atoms with Crippen LogP contribution in [0, 0.1) is 17.7 Å². The van der Waals surface area contributed by atoms with Crippen LogP contribution < -0.4 is 16.0 Å². The summed E-state index contributed by atoms with van der Waals surface area (Å²) in [5.41, 5.74) is 0.754. The molecule has 0 aliphatic carbocycles. The summed E-state index contributed by atoms with van der Waals surface area (Å²) in [6.07, 6.45) is 3.95. The van der Waals surface area contributed by atoms with Gasteiger partial charge in [-0.3, -0.25) is 19.2 Å². The Morgan fingerprint density at radius 2 is 1.87 bits per heavy atom. The van der Waals surface area contributed by atoms with Gasteiger partial charge in [0.15, 0.2) is 0 Å². The highest BCUT2D eigenvalue weighted by atomic mass is 35.5. The van der Waals surface area contributed by atoms with Crippen molar-refractivity contribution in [3.8, 4) is 0 Å². The minimum Gasteiger partial charge on any atom is -0.355 e. The van der Waals surface area contributed by atoms with Crippen molar-refractivity contribution >= 4 is 36.0 Å². The lowest BCUT2D eigenvalue weighted by molar-refractivity contribution is -0.141. The van der Waals surface area contributed by atoms with Crippen LogP contribution in [0.4, 0.5) is 4.39 Å². The number of carbonyl (C=O) groups is 4. The lowest BCUT2D eigenvalue weighted by Crippen LogP contribution is -2.56. The van der Waals surface area contributed by atoms with Crippen molar-refractivity contribution in [2.75, 3.05) is 39.3 Å². The Kier molecular flexibility index (Phi) is 11.1. The highest BCUT2D eigenvalue weighted by Crippen LogP contribution is 2.24. The second-order valence-corrected chi connectivity index (χ2v) is 11.0. The average molecular weight is 566 g/mol. The fourth-order valence-corrected chi connectivity index (χ4v) is 5.57. The average Bonchev–Trinajstić information content (AvgIpc) is 3.40. The molecule has 0 radical (unpaired) electrons. The third-order valence-electron chi connectivity index (χ3n) is 7.88.